The summed E-state index contributed by atoms with van der Waals surface area (Å²) in [6.45, 7) is 0. The van der Waals surface area contributed by atoms with Gasteiger partial charge in [0.15, 0.2) is 0 Å². The van der Waals surface area contributed by atoms with Gasteiger partial charge in [-0.3, -0.25) is 4.79 Å². The van der Waals surface area contributed by atoms with Gasteiger partial charge in [0, 0.05) is 6.42 Å². The summed E-state index contributed by atoms with van der Waals surface area (Å²) in [6, 6.07) is 0. The summed E-state index contributed by atoms with van der Waals surface area (Å²) in [7, 11) is 0. The Balaban J connectivity index is 2.84. The zero-order chi connectivity index (χ0) is 13.3. The molecule has 1 rings (SSSR count). The average Bonchev–Trinajstić information content (AvgIpc) is 2.61. The molecule has 0 fully saturated rings. The molecule has 0 saturated heterocycles. The van der Waals surface area contributed by atoms with Crippen molar-refractivity contribution in [1.29, 1.82) is 0 Å². The van der Waals surface area contributed by atoms with Gasteiger partial charge in [0.25, 0.3) is 5.89 Å². The van der Waals surface area contributed by atoms with Crippen molar-refractivity contribution in [2.24, 2.45) is 0 Å². The number of alkyl halides is 5. The van der Waals surface area contributed by atoms with Gasteiger partial charge in [-0.25, -0.2) is 0 Å². The van der Waals surface area contributed by atoms with Gasteiger partial charge < -0.3 is 9.52 Å². The number of carbonyl (C=O) groups is 1. The number of carboxylic acids is 1. The Labute approximate surface area is 90.2 Å². The van der Waals surface area contributed by atoms with E-state index in [2.05, 4.69) is 14.6 Å². The van der Waals surface area contributed by atoms with E-state index in [1.165, 1.54) is 0 Å². The van der Waals surface area contributed by atoms with E-state index in [1.54, 1.807) is 0 Å². The number of rotatable bonds is 4. The average molecular weight is 260 g/mol. The molecule has 0 saturated carbocycles. The zero-order valence-corrected chi connectivity index (χ0v) is 7.96. The first kappa shape index (κ1) is 13.3. The molecule has 1 aromatic heterocycles. The molecule has 10 heteroatoms. The molecule has 0 aliphatic carbocycles. The standard InChI is InChI=1S/C7H5F5N2O3/c8-6(9,7(10,11)12)5-14-13-3(17-5)1-2-4(15)16/h1-2H2,(H,15,16). The van der Waals surface area contributed by atoms with Crippen molar-refractivity contribution >= 4 is 5.97 Å². The quantitative estimate of drug-likeness (QED) is 0.834. The first-order valence-corrected chi connectivity index (χ1v) is 4.14. The van der Waals surface area contributed by atoms with Crippen LogP contribution in [-0.2, 0) is 17.1 Å². The monoisotopic (exact) mass is 260 g/mol. The highest BCUT2D eigenvalue weighted by Crippen LogP contribution is 2.43. The third-order valence-corrected chi connectivity index (χ3v) is 1.64. The fourth-order valence-electron chi connectivity index (χ4n) is 0.817. The molecule has 0 amide bonds. The fourth-order valence-corrected chi connectivity index (χ4v) is 0.817. The second kappa shape index (κ2) is 4.26. The third kappa shape index (κ3) is 2.88. The van der Waals surface area contributed by atoms with Crippen LogP contribution in [0.1, 0.15) is 18.2 Å². The van der Waals surface area contributed by atoms with E-state index in [0.717, 1.165) is 0 Å². The number of nitrogens with zero attached hydrogens (tertiary/aromatic N) is 2. The molecule has 0 aliphatic rings. The summed E-state index contributed by atoms with van der Waals surface area (Å²) < 4.78 is 65.0. The molecule has 1 aromatic rings. The summed E-state index contributed by atoms with van der Waals surface area (Å²) in [5, 5.41) is 13.7. The van der Waals surface area contributed by atoms with Crippen molar-refractivity contribution in [2.75, 3.05) is 0 Å². The molecule has 0 aliphatic heterocycles. The van der Waals surface area contributed by atoms with Crippen LogP contribution in [0.2, 0.25) is 0 Å². The topological polar surface area (TPSA) is 76.2 Å². The lowest BCUT2D eigenvalue weighted by atomic mass is 10.3. The van der Waals surface area contributed by atoms with E-state index in [1.807, 2.05) is 0 Å². The SMILES string of the molecule is O=C(O)CCc1nnc(C(F)(F)C(F)(F)F)o1. The largest absolute Gasteiger partial charge is 0.481 e. The number of aromatic nitrogens is 2. The van der Waals surface area contributed by atoms with Gasteiger partial charge in [0.05, 0.1) is 6.42 Å². The molecule has 0 bridgehead atoms. The molecule has 0 unspecified atom stereocenters. The summed E-state index contributed by atoms with van der Waals surface area (Å²) in [6.07, 6.45) is -6.78. The fraction of sp³-hybridized carbons (Fsp3) is 0.571. The molecule has 1 heterocycles. The molecule has 96 valence electrons. The normalized spacial score (nSPS) is 12.8. The number of hydrogen-bond acceptors (Lipinski definition) is 4. The number of aryl methyl sites for hydroxylation is 1. The molecule has 0 aromatic carbocycles. The number of hydrogen-bond donors (Lipinski definition) is 1. The number of halogens is 5. The summed E-state index contributed by atoms with van der Waals surface area (Å²) >= 11 is 0. The van der Waals surface area contributed by atoms with E-state index in [-0.39, 0.29) is 0 Å². The minimum atomic E-state index is -5.84. The Morgan fingerprint density at radius 3 is 2.29 bits per heavy atom. The van der Waals surface area contributed by atoms with Crippen LogP contribution in [0.3, 0.4) is 0 Å². The minimum Gasteiger partial charge on any atom is -0.481 e. The van der Waals surface area contributed by atoms with Crippen molar-refractivity contribution < 1.29 is 36.3 Å². The number of aliphatic carboxylic acids is 1. The van der Waals surface area contributed by atoms with Gasteiger partial charge in [-0.05, 0) is 0 Å². The maximum absolute atomic E-state index is 12.6. The summed E-state index contributed by atoms with van der Waals surface area (Å²) in [4.78, 5) is 10.1. The second-order valence-electron chi connectivity index (χ2n) is 2.97. The molecule has 1 N–H and O–H groups in total. The van der Waals surface area contributed by atoms with E-state index in [0.29, 0.717) is 0 Å². The highest BCUT2D eigenvalue weighted by Gasteiger charge is 2.62. The van der Waals surface area contributed by atoms with Crippen LogP contribution in [0.5, 0.6) is 0 Å². The molecular weight excluding hydrogens is 255 g/mol. The third-order valence-electron chi connectivity index (χ3n) is 1.64. The lowest BCUT2D eigenvalue weighted by molar-refractivity contribution is -0.297. The van der Waals surface area contributed by atoms with Crippen LogP contribution in [0.25, 0.3) is 0 Å². The van der Waals surface area contributed by atoms with Crippen molar-refractivity contribution in [2.45, 2.75) is 24.9 Å². The Morgan fingerprint density at radius 1 is 1.24 bits per heavy atom. The molecule has 0 radical (unpaired) electrons. The van der Waals surface area contributed by atoms with Crippen LogP contribution >= 0.6 is 0 Å². The van der Waals surface area contributed by atoms with Gasteiger partial charge in [0.1, 0.15) is 0 Å². The van der Waals surface area contributed by atoms with Crippen LogP contribution in [0, 0.1) is 0 Å². The van der Waals surface area contributed by atoms with Crippen molar-refractivity contribution in [1.82, 2.24) is 10.2 Å². The predicted octanol–water partition coefficient (Wildman–Crippen LogP) is 1.74. The minimum absolute atomic E-state index is 0.420. The molecule has 0 spiro atoms. The zero-order valence-electron chi connectivity index (χ0n) is 7.96. The molecular formula is C7H5F5N2O3. The maximum Gasteiger partial charge on any atom is 0.463 e. The number of carboxylic acid groups (broad SMARTS) is 1. The highest BCUT2D eigenvalue weighted by atomic mass is 19.4. The second-order valence-corrected chi connectivity index (χ2v) is 2.97. The summed E-state index contributed by atoms with van der Waals surface area (Å²) in [5.41, 5.74) is 0. The summed E-state index contributed by atoms with van der Waals surface area (Å²) in [5.74, 6) is -9.01. The highest BCUT2D eigenvalue weighted by molar-refractivity contribution is 5.66. The Kier molecular flexibility index (Phi) is 3.34. The molecule has 5 nitrogen and oxygen atoms in total. The predicted molar refractivity (Wildman–Crippen MR) is 40.2 cm³/mol. The molecule has 0 atom stereocenters. The van der Waals surface area contributed by atoms with E-state index < -0.39 is 42.7 Å². The Morgan fingerprint density at radius 2 is 1.82 bits per heavy atom. The van der Waals surface area contributed by atoms with Crippen molar-refractivity contribution in [3.8, 4) is 0 Å². The first-order chi connectivity index (χ1) is 7.64. The van der Waals surface area contributed by atoms with Gasteiger partial charge in [-0.1, -0.05) is 0 Å². The lowest BCUT2D eigenvalue weighted by Crippen LogP contribution is -2.34. The lowest BCUT2D eigenvalue weighted by Gasteiger charge is -2.14. The van der Waals surface area contributed by atoms with Gasteiger partial charge in [0.2, 0.25) is 5.89 Å². The van der Waals surface area contributed by atoms with E-state index in [4.69, 9.17) is 5.11 Å². The van der Waals surface area contributed by atoms with E-state index >= 15 is 0 Å². The van der Waals surface area contributed by atoms with Gasteiger partial charge in [-0.15, -0.1) is 10.2 Å². The van der Waals surface area contributed by atoms with Gasteiger partial charge in [-0.2, -0.15) is 22.0 Å². The van der Waals surface area contributed by atoms with E-state index in [9.17, 15) is 26.7 Å². The van der Waals surface area contributed by atoms with Crippen LogP contribution in [-0.4, -0.2) is 27.4 Å². The Hall–Kier alpha value is -1.74. The van der Waals surface area contributed by atoms with Gasteiger partial charge >= 0.3 is 18.1 Å². The maximum atomic E-state index is 12.6. The smallest absolute Gasteiger partial charge is 0.463 e. The van der Waals surface area contributed by atoms with Crippen LogP contribution in [0.15, 0.2) is 4.42 Å². The Bertz CT molecular complexity index is 414. The van der Waals surface area contributed by atoms with Crippen molar-refractivity contribution in [3.63, 3.8) is 0 Å². The van der Waals surface area contributed by atoms with Crippen LogP contribution < -0.4 is 0 Å². The first-order valence-electron chi connectivity index (χ1n) is 4.14. The van der Waals surface area contributed by atoms with Crippen molar-refractivity contribution in [3.05, 3.63) is 11.8 Å². The van der Waals surface area contributed by atoms with Crippen LogP contribution in [0.4, 0.5) is 22.0 Å². The molecule has 17 heavy (non-hydrogen) atoms.